The Labute approximate surface area is 107 Å². The first-order valence-electron chi connectivity index (χ1n) is 5.95. The molecule has 0 saturated carbocycles. The maximum absolute atomic E-state index is 11.7. The highest BCUT2D eigenvalue weighted by Gasteiger charge is 2.18. The van der Waals surface area contributed by atoms with Crippen molar-refractivity contribution in [2.45, 2.75) is 19.5 Å². The molecule has 1 unspecified atom stereocenters. The molecular formula is C13H18N4O. The van der Waals surface area contributed by atoms with E-state index in [1.807, 2.05) is 31.2 Å². The molecule has 0 radical (unpaired) electrons. The number of fused-ring (bicyclic) bond motifs is 1. The molecule has 1 aromatic rings. The number of nitrogens with zero attached hydrogens (tertiary/aromatic N) is 2. The first-order valence-corrected chi connectivity index (χ1v) is 5.95. The summed E-state index contributed by atoms with van der Waals surface area (Å²) in [6.07, 6.45) is 0. The van der Waals surface area contributed by atoms with Crippen molar-refractivity contribution in [2.24, 2.45) is 4.99 Å². The zero-order valence-corrected chi connectivity index (χ0v) is 10.9. The largest absolute Gasteiger partial charge is 0.347 e. The van der Waals surface area contributed by atoms with Crippen molar-refractivity contribution in [2.75, 3.05) is 19.4 Å². The van der Waals surface area contributed by atoms with Gasteiger partial charge in [0.05, 0.1) is 6.54 Å². The van der Waals surface area contributed by atoms with Crippen LogP contribution in [-0.4, -0.2) is 36.9 Å². The number of aliphatic imine (C=N–C) groups is 1. The molecule has 1 aliphatic heterocycles. The van der Waals surface area contributed by atoms with E-state index in [1.165, 1.54) is 0 Å². The van der Waals surface area contributed by atoms with Gasteiger partial charge < -0.3 is 15.5 Å². The van der Waals surface area contributed by atoms with E-state index in [9.17, 15) is 4.79 Å². The summed E-state index contributed by atoms with van der Waals surface area (Å²) in [6.45, 7) is 2.46. The molecule has 18 heavy (non-hydrogen) atoms. The summed E-state index contributed by atoms with van der Waals surface area (Å²) < 4.78 is 0. The van der Waals surface area contributed by atoms with Crippen LogP contribution in [0.5, 0.6) is 0 Å². The van der Waals surface area contributed by atoms with Gasteiger partial charge in [-0.3, -0.25) is 4.79 Å². The molecule has 1 amide bonds. The van der Waals surface area contributed by atoms with Crippen LogP contribution in [-0.2, 0) is 11.3 Å². The van der Waals surface area contributed by atoms with Gasteiger partial charge in [0.2, 0.25) is 5.91 Å². The quantitative estimate of drug-likeness (QED) is 0.819. The standard InChI is InChI=1S/C13H18N4O/c1-9(12(18)17(2)3)15-13-14-8-10-6-4-5-7-11(10)16-13/h4-7,9H,8H2,1-3H3,(H2,14,15,16). The summed E-state index contributed by atoms with van der Waals surface area (Å²) in [6, 6.07) is 7.72. The predicted octanol–water partition coefficient (Wildman–Crippen LogP) is 1.03. The average Bonchev–Trinajstić information content (AvgIpc) is 2.37. The molecule has 0 saturated heterocycles. The van der Waals surface area contributed by atoms with Gasteiger partial charge >= 0.3 is 0 Å². The smallest absolute Gasteiger partial charge is 0.244 e. The second-order valence-electron chi connectivity index (χ2n) is 4.55. The molecule has 5 nitrogen and oxygen atoms in total. The maximum atomic E-state index is 11.7. The summed E-state index contributed by atoms with van der Waals surface area (Å²) >= 11 is 0. The maximum Gasteiger partial charge on any atom is 0.244 e. The number of likely N-dealkylation sites (N-methyl/N-ethyl adjacent to an activating group) is 1. The Morgan fingerprint density at radius 3 is 2.89 bits per heavy atom. The summed E-state index contributed by atoms with van der Waals surface area (Å²) in [5.41, 5.74) is 2.20. The number of para-hydroxylation sites is 1. The molecule has 2 rings (SSSR count). The topological polar surface area (TPSA) is 56.7 Å². The molecule has 2 N–H and O–H groups in total. The molecular weight excluding hydrogens is 228 g/mol. The summed E-state index contributed by atoms with van der Waals surface area (Å²) in [5, 5.41) is 6.28. The Hall–Kier alpha value is -2.04. The number of benzene rings is 1. The lowest BCUT2D eigenvalue weighted by Crippen LogP contribution is -2.47. The third-order valence-electron chi connectivity index (χ3n) is 2.84. The van der Waals surface area contributed by atoms with E-state index < -0.39 is 0 Å². The van der Waals surface area contributed by atoms with Crippen molar-refractivity contribution in [3.63, 3.8) is 0 Å². The minimum absolute atomic E-state index is 0.0263. The summed E-state index contributed by atoms with van der Waals surface area (Å²) in [4.78, 5) is 17.7. The van der Waals surface area contributed by atoms with Gasteiger partial charge in [0.15, 0.2) is 5.96 Å². The van der Waals surface area contributed by atoms with E-state index in [2.05, 4.69) is 15.6 Å². The lowest BCUT2D eigenvalue weighted by Gasteiger charge is -2.23. The fraction of sp³-hybridized carbons (Fsp3) is 0.385. The van der Waals surface area contributed by atoms with Crippen LogP contribution >= 0.6 is 0 Å². The second-order valence-corrected chi connectivity index (χ2v) is 4.55. The van der Waals surface area contributed by atoms with Crippen molar-refractivity contribution in [3.05, 3.63) is 29.8 Å². The van der Waals surface area contributed by atoms with Crippen molar-refractivity contribution in [1.29, 1.82) is 0 Å². The molecule has 1 aliphatic rings. The molecule has 0 bridgehead atoms. The molecule has 0 aromatic heterocycles. The number of carbonyl (C=O) groups is 1. The normalized spacial score (nSPS) is 14.9. The van der Waals surface area contributed by atoms with Gasteiger partial charge in [-0.1, -0.05) is 18.2 Å². The van der Waals surface area contributed by atoms with Gasteiger partial charge in [-0.2, -0.15) is 0 Å². The van der Waals surface area contributed by atoms with Gasteiger partial charge in [0.25, 0.3) is 0 Å². The molecule has 1 aromatic carbocycles. The van der Waals surface area contributed by atoms with E-state index >= 15 is 0 Å². The van der Waals surface area contributed by atoms with Gasteiger partial charge in [-0.25, -0.2) is 4.99 Å². The number of amides is 1. The molecule has 1 atom stereocenters. The van der Waals surface area contributed by atoms with Crippen LogP contribution in [0.2, 0.25) is 0 Å². The fourth-order valence-electron chi connectivity index (χ4n) is 1.85. The zero-order valence-electron chi connectivity index (χ0n) is 10.9. The molecule has 1 heterocycles. The Morgan fingerprint density at radius 2 is 2.17 bits per heavy atom. The van der Waals surface area contributed by atoms with Gasteiger partial charge in [-0.05, 0) is 18.6 Å². The number of carbonyl (C=O) groups excluding carboxylic acids is 1. The van der Waals surface area contributed by atoms with E-state index in [4.69, 9.17) is 0 Å². The number of hydrogen-bond acceptors (Lipinski definition) is 4. The molecule has 0 aliphatic carbocycles. The third kappa shape index (κ3) is 2.61. The van der Waals surface area contributed by atoms with Crippen LogP contribution in [0.3, 0.4) is 0 Å². The van der Waals surface area contributed by atoms with Crippen LogP contribution < -0.4 is 10.6 Å². The number of nitrogens with one attached hydrogen (secondary N) is 2. The van der Waals surface area contributed by atoms with Crippen molar-refractivity contribution >= 4 is 17.6 Å². The van der Waals surface area contributed by atoms with Crippen molar-refractivity contribution in [3.8, 4) is 0 Å². The van der Waals surface area contributed by atoms with Crippen LogP contribution in [0.4, 0.5) is 5.69 Å². The monoisotopic (exact) mass is 246 g/mol. The van der Waals surface area contributed by atoms with E-state index in [0.717, 1.165) is 11.3 Å². The van der Waals surface area contributed by atoms with E-state index in [1.54, 1.807) is 19.0 Å². The molecule has 96 valence electrons. The van der Waals surface area contributed by atoms with Crippen LogP contribution in [0.25, 0.3) is 0 Å². The highest BCUT2D eigenvalue weighted by Crippen LogP contribution is 2.19. The predicted molar refractivity (Wildman–Crippen MR) is 72.5 cm³/mol. The second kappa shape index (κ2) is 5.08. The average molecular weight is 246 g/mol. The first-order chi connectivity index (χ1) is 8.58. The minimum atomic E-state index is -0.295. The fourth-order valence-corrected chi connectivity index (χ4v) is 1.85. The van der Waals surface area contributed by atoms with Crippen molar-refractivity contribution < 1.29 is 4.79 Å². The lowest BCUT2D eigenvalue weighted by atomic mass is 10.1. The highest BCUT2D eigenvalue weighted by atomic mass is 16.2. The van der Waals surface area contributed by atoms with Gasteiger partial charge in [-0.15, -0.1) is 0 Å². The number of hydrogen-bond donors (Lipinski definition) is 2. The number of guanidine groups is 1. The Morgan fingerprint density at radius 1 is 1.44 bits per heavy atom. The lowest BCUT2D eigenvalue weighted by molar-refractivity contribution is -0.130. The first kappa shape index (κ1) is 12.4. The molecule has 5 heteroatoms. The summed E-state index contributed by atoms with van der Waals surface area (Å²) in [5.74, 6) is 0.676. The van der Waals surface area contributed by atoms with Crippen LogP contribution in [0, 0.1) is 0 Å². The number of rotatable bonds is 2. The Kier molecular flexibility index (Phi) is 3.50. The molecule has 0 spiro atoms. The number of anilines is 1. The SMILES string of the molecule is CC(NC1=NCc2ccccc2N1)C(=O)N(C)C. The van der Waals surface area contributed by atoms with E-state index in [0.29, 0.717) is 12.5 Å². The summed E-state index contributed by atoms with van der Waals surface area (Å²) in [7, 11) is 3.48. The van der Waals surface area contributed by atoms with Gasteiger partial charge in [0, 0.05) is 19.8 Å². The van der Waals surface area contributed by atoms with Gasteiger partial charge in [0.1, 0.15) is 6.04 Å². The molecule has 0 fully saturated rings. The highest BCUT2D eigenvalue weighted by molar-refractivity contribution is 5.98. The van der Waals surface area contributed by atoms with E-state index in [-0.39, 0.29) is 11.9 Å². The van der Waals surface area contributed by atoms with Crippen LogP contribution in [0.15, 0.2) is 29.3 Å². The Bertz CT molecular complexity index is 482. The third-order valence-corrected chi connectivity index (χ3v) is 2.84. The Balaban J connectivity index is 2.01. The minimum Gasteiger partial charge on any atom is -0.347 e. The van der Waals surface area contributed by atoms with Crippen LogP contribution in [0.1, 0.15) is 12.5 Å². The van der Waals surface area contributed by atoms with Crippen molar-refractivity contribution in [1.82, 2.24) is 10.2 Å². The zero-order chi connectivity index (χ0) is 13.1.